The first-order valence-electron chi connectivity index (χ1n) is 7.34. The van der Waals surface area contributed by atoms with E-state index >= 15 is 0 Å². The van der Waals surface area contributed by atoms with Gasteiger partial charge in [0.05, 0.1) is 0 Å². The molecule has 0 bridgehead atoms. The van der Waals surface area contributed by atoms with Gasteiger partial charge in [-0.15, -0.1) is 0 Å². The molecular formula is C17H11F2N5S. The van der Waals surface area contributed by atoms with Gasteiger partial charge in [0.2, 0.25) is 0 Å². The smallest absolute Gasteiger partial charge is 0.189 e. The van der Waals surface area contributed by atoms with E-state index in [2.05, 4.69) is 20.4 Å². The van der Waals surface area contributed by atoms with Crippen LogP contribution in [-0.4, -0.2) is 19.7 Å². The number of hydrogen-bond donors (Lipinski definition) is 1. The maximum Gasteiger partial charge on any atom is 0.189 e. The van der Waals surface area contributed by atoms with Crippen LogP contribution in [0.15, 0.2) is 61.2 Å². The fourth-order valence-corrected chi connectivity index (χ4v) is 3.26. The van der Waals surface area contributed by atoms with Gasteiger partial charge in [0.15, 0.2) is 5.13 Å². The first-order chi connectivity index (χ1) is 12.2. The van der Waals surface area contributed by atoms with Crippen molar-refractivity contribution in [3.63, 3.8) is 0 Å². The summed E-state index contributed by atoms with van der Waals surface area (Å²) in [4.78, 5) is 8.40. The van der Waals surface area contributed by atoms with E-state index in [0.717, 1.165) is 11.8 Å². The maximum absolute atomic E-state index is 14.3. The molecule has 0 aliphatic rings. The van der Waals surface area contributed by atoms with Crippen LogP contribution in [0.1, 0.15) is 0 Å². The van der Waals surface area contributed by atoms with E-state index in [4.69, 9.17) is 0 Å². The molecule has 0 radical (unpaired) electrons. The van der Waals surface area contributed by atoms with Gasteiger partial charge in [-0.3, -0.25) is 0 Å². The molecule has 0 spiro atoms. The van der Waals surface area contributed by atoms with Gasteiger partial charge >= 0.3 is 0 Å². The Bertz CT molecular complexity index is 999. The third-order valence-electron chi connectivity index (χ3n) is 3.45. The Morgan fingerprint density at radius 3 is 2.60 bits per heavy atom. The molecule has 0 aliphatic carbocycles. The highest BCUT2D eigenvalue weighted by molar-refractivity contribution is 7.18. The van der Waals surface area contributed by atoms with Crippen molar-refractivity contribution >= 4 is 22.2 Å². The van der Waals surface area contributed by atoms with Crippen molar-refractivity contribution < 1.29 is 8.78 Å². The van der Waals surface area contributed by atoms with E-state index in [1.165, 1.54) is 40.8 Å². The molecule has 0 amide bonds. The summed E-state index contributed by atoms with van der Waals surface area (Å²) in [5.74, 6) is -1.32. The van der Waals surface area contributed by atoms with Crippen LogP contribution < -0.4 is 5.32 Å². The molecule has 2 heterocycles. The molecule has 2 aromatic heterocycles. The highest BCUT2D eigenvalue weighted by Crippen LogP contribution is 2.36. The molecule has 4 aromatic rings. The average Bonchev–Trinajstić information content (AvgIpc) is 3.25. The van der Waals surface area contributed by atoms with Crippen molar-refractivity contribution in [1.29, 1.82) is 0 Å². The fraction of sp³-hybridized carbons (Fsp3) is 0. The molecule has 0 saturated heterocycles. The van der Waals surface area contributed by atoms with Gasteiger partial charge in [0, 0.05) is 17.3 Å². The SMILES string of the molecule is Fc1ccc(-c2nc(Nc3ccccc3)sc2-n2cncn2)c(F)c1. The quantitative estimate of drug-likeness (QED) is 0.589. The summed E-state index contributed by atoms with van der Waals surface area (Å²) in [6.07, 6.45) is 2.89. The zero-order chi connectivity index (χ0) is 17.2. The number of halogens is 2. The van der Waals surface area contributed by atoms with Crippen LogP contribution in [0.2, 0.25) is 0 Å². The Kier molecular flexibility index (Phi) is 3.95. The highest BCUT2D eigenvalue weighted by atomic mass is 32.1. The summed E-state index contributed by atoms with van der Waals surface area (Å²) in [5.41, 5.74) is 1.42. The summed E-state index contributed by atoms with van der Waals surface area (Å²) < 4.78 is 29.0. The normalized spacial score (nSPS) is 10.8. The number of para-hydroxylation sites is 1. The van der Waals surface area contributed by atoms with Crippen LogP contribution in [-0.2, 0) is 0 Å². The lowest BCUT2D eigenvalue weighted by molar-refractivity contribution is 0.585. The van der Waals surface area contributed by atoms with Crippen molar-refractivity contribution in [2.45, 2.75) is 0 Å². The Labute approximate surface area is 145 Å². The van der Waals surface area contributed by atoms with Gasteiger partial charge in [-0.25, -0.2) is 23.4 Å². The van der Waals surface area contributed by atoms with E-state index in [0.29, 0.717) is 15.8 Å². The summed E-state index contributed by atoms with van der Waals surface area (Å²) in [7, 11) is 0. The van der Waals surface area contributed by atoms with Crippen molar-refractivity contribution in [3.05, 3.63) is 72.8 Å². The number of anilines is 2. The monoisotopic (exact) mass is 355 g/mol. The van der Waals surface area contributed by atoms with E-state index in [1.807, 2.05) is 30.3 Å². The van der Waals surface area contributed by atoms with Crippen molar-refractivity contribution in [1.82, 2.24) is 19.7 Å². The lowest BCUT2D eigenvalue weighted by Crippen LogP contribution is -1.96. The Morgan fingerprint density at radius 1 is 1.04 bits per heavy atom. The van der Waals surface area contributed by atoms with E-state index in [-0.39, 0.29) is 5.56 Å². The third kappa shape index (κ3) is 3.11. The first kappa shape index (κ1) is 15.4. The van der Waals surface area contributed by atoms with Gasteiger partial charge in [0.1, 0.15) is 35.0 Å². The lowest BCUT2D eigenvalue weighted by atomic mass is 10.1. The van der Waals surface area contributed by atoms with E-state index < -0.39 is 11.6 Å². The molecule has 1 N–H and O–H groups in total. The summed E-state index contributed by atoms with van der Waals surface area (Å²) in [5, 5.41) is 8.42. The average molecular weight is 355 g/mol. The van der Waals surface area contributed by atoms with Crippen molar-refractivity contribution in [2.75, 3.05) is 5.32 Å². The molecular weight excluding hydrogens is 344 g/mol. The second kappa shape index (κ2) is 6.40. The molecule has 0 aliphatic heterocycles. The second-order valence-corrected chi connectivity index (χ2v) is 6.11. The number of benzene rings is 2. The zero-order valence-electron chi connectivity index (χ0n) is 12.7. The van der Waals surface area contributed by atoms with Gasteiger partial charge in [-0.1, -0.05) is 29.5 Å². The largest absolute Gasteiger partial charge is 0.331 e. The van der Waals surface area contributed by atoms with Crippen LogP contribution in [0.5, 0.6) is 0 Å². The van der Waals surface area contributed by atoms with Gasteiger partial charge in [0.25, 0.3) is 0 Å². The van der Waals surface area contributed by atoms with Crippen molar-refractivity contribution in [3.8, 4) is 16.3 Å². The minimum Gasteiger partial charge on any atom is -0.331 e. The molecule has 0 unspecified atom stereocenters. The number of nitrogens with one attached hydrogen (secondary N) is 1. The summed E-state index contributed by atoms with van der Waals surface area (Å²) in [6.45, 7) is 0. The van der Waals surface area contributed by atoms with Crippen LogP contribution in [0, 0.1) is 11.6 Å². The van der Waals surface area contributed by atoms with Crippen LogP contribution in [0.3, 0.4) is 0 Å². The molecule has 0 fully saturated rings. The number of thiazole rings is 1. The molecule has 25 heavy (non-hydrogen) atoms. The van der Waals surface area contributed by atoms with Gasteiger partial charge in [-0.05, 0) is 24.3 Å². The number of aromatic nitrogens is 4. The van der Waals surface area contributed by atoms with Crippen LogP contribution >= 0.6 is 11.3 Å². The highest BCUT2D eigenvalue weighted by Gasteiger charge is 2.19. The number of rotatable bonds is 4. The predicted molar refractivity (Wildman–Crippen MR) is 92.1 cm³/mol. The first-order valence-corrected chi connectivity index (χ1v) is 8.16. The van der Waals surface area contributed by atoms with E-state index in [9.17, 15) is 8.78 Å². The number of hydrogen-bond acceptors (Lipinski definition) is 5. The molecule has 0 saturated carbocycles. The minimum absolute atomic E-state index is 0.198. The van der Waals surface area contributed by atoms with Gasteiger partial charge < -0.3 is 5.32 Å². The molecule has 8 heteroatoms. The molecule has 5 nitrogen and oxygen atoms in total. The minimum atomic E-state index is -0.682. The third-order valence-corrected chi connectivity index (χ3v) is 4.41. The maximum atomic E-state index is 14.3. The Morgan fingerprint density at radius 2 is 1.88 bits per heavy atom. The molecule has 2 aromatic carbocycles. The van der Waals surface area contributed by atoms with Crippen molar-refractivity contribution in [2.24, 2.45) is 0 Å². The number of nitrogens with zero attached hydrogens (tertiary/aromatic N) is 4. The molecule has 124 valence electrons. The standard InChI is InChI=1S/C17H11F2N5S/c18-11-6-7-13(14(19)8-11)15-16(24-10-20-9-21-24)25-17(23-15)22-12-4-2-1-3-5-12/h1-10H,(H,22,23). The Balaban J connectivity index is 1.81. The topological polar surface area (TPSA) is 55.6 Å². The van der Waals surface area contributed by atoms with Crippen LogP contribution in [0.25, 0.3) is 16.3 Å². The second-order valence-electron chi connectivity index (χ2n) is 5.13. The van der Waals surface area contributed by atoms with Crippen LogP contribution in [0.4, 0.5) is 19.6 Å². The van der Waals surface area contributed by atoms with Gasteiger partial charge in [-0.2, -0.15) is 5.10 Å². The zero-order valence-corrected chi connectivity index (χ0v) is 13.5. The summed E-state index contributed by atoms with van der Waals surface area (Å²) in [6, 6.07) is 12.9. The molecule has 4 rings (SSSR count). The van der Waals surface area contributed by atoms with E-state index in [1.54, 1.807) is 0 Å². The summed E-state index contributed by atoms with van der Waals surface area (Å²) >= 11 is 1.30. The Hall–Kier alpha value is -3.13. The lowest BCUT2D eigenvalue weighted by Gasteiger charge is -2.03. The predicted octanol–water partition coefficient (Wildman–Crippen LogP) is 4.41. The fourth-order valence-electron chi connectivity index (χ4n) is 2.34. The molecule has 0 atom stereocenters.